The summed E-state index contributed by atoms with van der Waals surface area (Å²) in [5.41, 5.74) is 6.44. The average Bonchev–Trinajstić information content (AvgIpc) is 3.25. The number of carbonyl (C=O) groups is 1. The lowest BCUT2D eigenvalue weighted by Crippen LogP contribution is -2.33. The summed E-state index contributed by atoms with van der Waals surface area (Å²) in [7, 11) is 0. The van der Waals surface area contributed by atoms with E-state index in [1.54, 1.807) is 4.57 Å². The molecule has 4 aromatic rings. The number of aromatic nitrogens is 4. The van der Waals surface area contributed by atoms with Crippen molar-refractivity contribution in [1.82, 2.24) is 19.1 Å². The van der Waals surface area contributed by atoms with Crippen LogP contribution in [0.1, 0.15) is 49.9 Å². The van der Waals surface area contributed by atoms with Gasteiger partial charge >= 0.3 is 0 Å². The molecule has 6 nitrogen and oxygen atoms in total. The normalized spacial score (nSPS) is 16.1. The standard InChI is InChI=1S/C24H23N5O/c1-5-16-9-8-12-19-21(16)27-20(13-14(2)3)28(19)22-15(4)25-24-26-17-10-6-7-11-18(17)29(24)23(22)30/h6-13,22H,5H2,1-4H3. The zero-order valence-electron chi connectivity index (χ0n) is 17.5. The highest BCUT2D eigenvalue weighted by atomic mass is 16.2. The van der Waals surface area contributed by atoms with Crippen LogP contribution in [0.3, 0.4) is 0 Å². The van der Waals surface area contributed by atoms with Crippen LogP contribution in [-0.2, 0) is 6.42 Å². The van der Waals surface area contributed by atoms with Crippen LogP contribution in [0.4, 0.5) is 5.95 Å². The van der Waals surface area contributed by atoms with Gasteiger partial charge in [-0.05, 0) is 57.0 Å². The zero-order chi connectivity index (χ0) is 21.0. The fourth-order valence-corrected chi connectivity index (χ4v) is 4.23. The third kappa shape index (κ3) is 2.64. The topological polar surface area (TPSA) is 65.1 Å². The monoisotopic (exact) mass is 397 g/mol. The Morgan fingerprint density at radius 1 is 1.07 bits per heavy atom. The van der Waals surface area contributed by atoms with E-state index >= 15 is 0 Å². The van der Waals surface area contributed by atoms with Crippen LogP contribution in [0.5, 0.6) is 0 Å². The number of rotatable bonds is 3. The van der Waals surface area contributed by atoms with Gasteiger partial charge in [0.1, 0.15) is 5.82 Å². The van der Waals surface area contributed by atoms with Crippen molar-refractivity contribution in [2.24, 2.45) is 4.99 Å². The molecule has 1 atom stereocenters. The molecule has 5 rings (SSSR count). The van der Waals surface area contributed by atoms with Gasteiger partial charge in [0, 0.05) is 0 Å². The highest BCUT2D eigenvalue weighted by Gasteiger charge is 2.35. The Balaban J connectivity index is 1.80. The van der Waals surface area contributed by atoms with Crippen molar-refractivity contribution in [3.8, 4) is 0 Å². The van der Waals surface area contributed by atoms with Crippen LogP contribution in [-0.4, -0.2) is 30.7 Å². The lowest BCUT2D eigenvalue weighted by atomic mass is 10.1. The summed E-state index contributed by atoms with van der Waals surface area (Å²) in [5.74, 6) is 1.15. The summed E-state index contributed by atoms with van der Waals surface area (Å²) >= 11 is 0. The molecule has 0 fully saturated rings. The Morgan fingerprint density at radius 3 is 2.60 bits per heavy atom. The van der Waals surface area contributed by atoms with E-state index in [9.17, 15) is 4.79 Å². The molecule has 0 bridgehead atoms. The van der Waals surface area contributed by atoms with Gasteiger partial charge in [-0.25, -0.2) is 19.5 Å². The van der Waals surface area contributed by atoms with E-state index in [0.29, 0.717) is 11.7 Å². The first-order chi connectivity index (χ1) is 14.5. The van der Waals surface area contributed by atoms with Crippen LogP contribution in [0, 0.1) is 0 Å². The molecule has 0 saturated heterocycles. The molecule has 0 N–H and O–H groups in total. The van der Waals surface area contributed by atoms with Gasteiger partial charge in [-0.1, -0.05) is 36.8 Å². The maximum Gasteiger partial charge on any atom is 0.263 e. The number of hydrogen-bond acceptors (Lipinski definition) is 4. The van der Waals surface area contributed by atoms with Gasteiger partial charge in [0.05, 0.1) is 27.8 Å². The molecule has 0 saturated carbocycles. The van der Waals surface area contributed by atoms with Crippen LogP contribution in [0.15, 0.2) is 53.0 Å². The van der Waals surface area contributed by atoms with Crippen molar-refractivity contribution in [2.45, 2.75) is 40.2 Å². The number of fused-ring (bicyclic) bond motifs is 4. The molecule has 6 heteroatoms. The van der Waals surface area contributed by atoms with E-state index in [1.165, 1.54) is 5.56 Å². The molecule has 0 aliphatic carbocycles. The second kappa shape index (κ2) is 6.76. The van der Waals surface area contributed by atoms with E-state index < -0.39 is 6.04 Å². The Hall–Kier alpha value is -3.54. The third-order valence-electron chi connectivity index (χ3n) is 5.56. The number of aliphatic imine (C=N–C) groups is 1. The third-order valence-corrected chi connectivity index (χ3v) is 5.56. The van der Waals surface area contributed by atoms with Crippen molar-refractivity contribution in [2.75, 3.05) is 0 Å². The molecule has 30 heavy (non-hydrogen) atoms. The summed E-state index contributed by atoms with van der Waals surface area (Å²) in [6.07, 6.45) is 2.91. The van der Waals surface area contributed by atoms with Crippen LogP contribution < -0.4 is 0 Å². The van der Waals surface area contributed by atoms with E-state index in [2.05, 4.69) is 18.0 Å². The smallest absolute Gasteiger partial charge is 0.263 e. The minimum Gasteiger partial charge on any atom is -0.306 e. The first-order valence-corrected chi connectivity index (χ1v) is 10.2. The number of carbonyl (C=O) groups excluding carboxylic acids is 1. The maximum absolute atomic E-state index is 13.8. The minimum absolute atomic E-state index is 0.0594. The number of allylic oxidation sites excluding steroid dienone is 1. The van der Waals surface area contributed by atoms with Gasteiger partial charge < -0.3 is 4.57 Å². The molecule has 1 aliphatic heterocycles. The van der Waals surface area contributed by atoms with E-state index in [1.807, 2.05) is 67.8 Å². The second-order valence-electron chi connectivity index (χ2n) is 7.93. The van der Waals surface area contributed by atoms with Crippen LogP contribution >= 0.6 is 0 Å². The zero-order valence-corrected chi connectivity index (χ0v) is 17.5. The van der Waals surface area contributed by atoms with Crippen molar-refractivity contribution < 1.29 is 4.79 Å². The Bertz CT molecular complexity index is 1380. The van der Waals surface area contributed by atoms with Crippen molar-refractivity contribution in [3.63, 3.8) is 0 Å². The number of nitrogens with zero attached hydrogens (tertiary/aromatic N) is 5. The summed E-state index contributed by atoms with van der Waals surface area (Å²) < 4.78 is 3.66. The minimum atomic E-state index is -0.571. The molecule has 3 heterocycles. The number of para-hydroxylation sites is 3. The summed E-state index contributed by atoms with van der Waals surface area (Å²) in [4.78, 5) is 28.0. The quantitative estimate of drug-likeness (QED) is 0.467. The Labute approximate surface area is 174 Å². The maximum atomic E-state index is 13.8. The van der Waals surface area contributed by atoms with Crippen molar-refractivity contribution in [3.05, 3.63) is 59.4 Å². The molecule has 0 radical (unpaired) electrons. The molecule has 1 unspecified atom stereocenters. The molecular weight excluding hydrogens is 374 g/mol. The fraction of sp³-hybridized carbons (Fsp3) is 0.250. The van der Waals surface area contributed by atoms with Gasteiger partial charge in [-0.15, -0.1) is 0 Å². The fourth-order valence-electron chi connectivity index (χ4n) is 4.23. The van der Waals surface area contributed by atoms with Crippen LogP contribution in [0.2, 0.25) is 0 Å². The van der Waals surface area contributed by atoms with Crippen molar-refractivity contribution in [1.29, 1.82) is 0 Å². The molecule has 2 aromatic carbocycles. The van der Waals surface area contributed by atoms with E-state index in [0.717, 1.165) is 39.9 Å². The predicted molar refractivity (Wildman–Crippen MR) is 121 cm³/mol. The predicted octanol–water partition coefficient (Wildman–Crippen LogP) is 5.36. The van der Waals surface area contributed by atoms with Crippen LogP contribution in [0.25, 0.3) is 28.1 Å². The average molecular weight is 397 g/mol. The van der Waals surface area contributed by atoms with Gasteiger partial charge in [-0.3, -0.25) is 4.79 Å². The number of benzene rings is 2. The molecular formula is C24H23N5O. The van der Waals surface area contributed by atoms with Gasteiger partial charge in [-0.2, -0.15) is 0 Å². The second-order valence-corrected chi connectivity index (χ2v) is 7.93. The molecule has 0 spiro atoms. The van der Waals surface area contributed by atoms with E-state index in [4.69, 9.17) is 9.98 Å². The SMILES string of the molecule is CCc1cccc2c1nc(C=C(C)C)n2C1C(=O)n2c(nc3ccccc32)N=C1C. The number of aryl methyl sites for hydroxylation is 1. The number of imidazole rings is 2. The molecule has 1 aliphatic rings. The first kappa shape index (κ1) is 18.5. The molecule has 150 valence electrons. The Kier molecular flexibility index (Phi) is 4.17. The van der Waals surface area contributed by atoms with Crippen molar-refractivity contribution >= 4 is 45.7 Å². The summed E-state index contributed by atoms with van der Waals surface area (Å²) in [5, 5.41) is 0. The van der Waals surface area contributed by atoms with Gasteiger partial charge in [0.15, 0.2) is 6.04 Å². The largest absolute Gasteiger partial charge is 0.306 e. The molecule has 2 aromatic heterocycles. The van der Waals surface area contributed by atoms with E-state index in [-0.39, 0.29) is 5.91 Å². The molecule has 0 amide bonds. The number of hydrogen-bond donors (Lipinski definition) is 0. The Morgan fingerprint density at radius 2 is 1.83 bits per heavy atom. The summed E-state index contributed by atoms with van der Waals surface area (Å²) in [6, 6.07) is 13.2. The highest BCUT2D eigenvalue weighted by molar-refractivity contribution is 6.13. The summed E-state index contributed by atoms with van der Waals surface area (Å²) in [6.45, 7) is 8.09. The highest BCUT2D eigenvalue weighted by Crippen LogP contribution is 2.33. The van der Waals surface area contributed by atoms with Gasteiger partial charge in [0.25, 0.3) is 5.91 Å². The van der Waals surface area contributed by atoms with Gasteiger partial charge in [0.2, 0.25) is 5.95 Å². The lowest BCUT2D eigenvalue weighted by molar-refractivity contribution is 0.0880. The first-order valence-electron chi connectivity index (χ1n) is 10.2. The lowest BCUT2D eigenvalue weighted by Gasteiger charge is -2.24.